The van der Waals surface area contributed by atoms with Crippen LogP contribution in [0.2, 0.25) is 5.02 Å². The molecule has 6 nitrogen and oxygen atoms in total. The third kappa shape index (κ3) is 3.43. The average Bonchev–Trinajstić information content (AvgIpc) is 3.08. The van der Waals surface area contributed by atoms with Crippen LogP contribution in [0.5, 0.6) is 5.75 Å². The van der Waals surface area contributed by atoms with Gasteiger partial charge in [-0.25, -0.2) is 9.36 Å². The van der Waals surface area contributed by atoms with E-state index in [2.05, 4.69) is 0 Å². The number of methoxy groups -OCH3 is 1. The van der Waals surface area contributed by atoms with Crippen LogP contribution >= 0.6 is 11.6 Å². The third-order valence-corrected chi connectivity index (χ3v) is 6.20. The molecule has 7 heteroatoms. The van der Waals surface area contributed by atoms with Crippen molar-refractivity contribution in [3.63, 3.8) is 0 Å². The number of halogens is 1. The quantitative estimate of drug-likeness (QED) is 0.392. The van der Waals surface area contributed by atoms with Gasteiger partial charge >= 0.3 is 5.69 Å². The highest BCUT2D eigenvalue weighted by atomic mass is 35.5. The van der Waals surface area contributed by atoms with Crippen molar-refractivity contribution < 1.29 is 4.74 Å². The number of nitrogens with zero attached hydrogens (tertiary/aromatic N) is 3. The third-order valence-electron chi connectivity index (χ3n) is 5.97. The van der Waals surface area contributed by atoms with Crippen LogP contribution in [0.25, 0.3) is 27.6 Å². The molecule has 0 unspecified atom stereocenters. The second-order valence-corrected chi connectivity index (χ2v) is 8.55. The lowest BCUT2D eigenvalue weighted by Gasteiger charge is -2.14. The summed E-state index contributed by atoms with van der Waals surface area (Å²) in [6.07, 6.45) is 0. The second-order valence-electron chi connectivity index (χ2n) is 8.12. The molecule has 0 saturated carbocycles. The number of hydrogen-bond acceptors (Lipinski definition) is 3. The van der Waals surface area contributed by atoms with Crippen molar-refractivity contribution in [2.24, 2.45) is 7.05 Å². The largest absolute Gasteiger partial charge is 0.497 e. The van der Waals surface area contributed by atoms with Gasteiger partial charge in [0.2, 0.25) is 0 Å². The van der Waals surface area contributed by atoms with Crippen LogP contribution in [0.3, 0.4) is 0 Å². The zero-order valence-corrected chi connectivity index (χ0v) is 19.3. The van der Waals surface area contributed by atoms with Crippen LogP contribution in [0.1, 0.15) is 11.1 Å². The number of aromatic nitrogens is 3. The molecule has 0 saturated heterocycles. The Balaban J connectivity index is 1.93. The van der Waals surface area contributed by atoms with E-state index in [0.29, 0.717) is 27.5 Å². The summed E-state index contributed by atoms with van der Waals surface area (Å²) in [4.78, 5) is 27.6. The van der Waals surface area contributed by atoms with Gasteiger partial charge in [0.05, 0.1) is 30.4 Å². The van der Waals surface area contributed by atoms with Crippen LogP contribution in [0, 0.1) is 6.92 Å². The molecule has 0 atom stereocenters. The van der Waals surface area contributed by atoms with Crippen LogP contribution in [-0.4, -0.2) is 20.8 Å². The summed E-state index contributed by atoms with van der Waals surface area (Å²) in [6.45, 7) is 2.27. The van der Waals surface area contributed by atoms with Gasteiger partial charge in [-0.3, -0.25) is 9.36 Å². The summed E-state index contributed by atoms with van der Waals surface area (Å²) in [7, 11) is 3.46. The van der Waals surface area contributed by atoms with Gasteiger partial charge in [0.15, 0.2) is 0 Å². The van der Waals surface area contributed by atoms with E-state index in [1.807, 2.05) is 61.0 Å². The monoisotopic (exact) mass is 459 g/mol. The highest BCUT2D eigenvalue weighted by Gasteiger charge is 2.21. The summed E-state index contributed by atoms with van der Waals surface area (Å²) in [5, 5.41) is 1.31. The number of aryl methyl sites for hydroxylation is 2. The fourth-order valence-electron chi connectivity index (χ4n) is 4.41. The lowest BCUT2D eigenvalue weighted by atomic mass is 10.1. The molecule has 2 heterocycles. The summed E-state index contributed by atoms with van der Waals surface area (Å²) in [5.74, 6) is 0.703. The second kappa shape index (κ2) is 7.98. The van der Waals surface area contributed by atoms with E-state index in [1.54, 1.807) is 35.9 Å². The molecule has 0 radical (unpaired) electrons. The number of ether oxygens (including phenoxy) is 1. The van der Waals surface area contributed by atoms with Crippen molar-refractivity contribution in [3.05, 3.63) is 104 Å². The van der Waals surface area contributed by atoms with Gasteiger partial charge in [-0.1, -0.05) is 41.4 Å². The summed E-state index contributed by atoms with van der Waals surface area (Å²) < 4.78 is 10.1. The van der Waals surface area contributed by atoms with Crippen molar-refractivity contribution in [2.45, 2.75) is 13.5 Å². The highest BCUT2D eigenvalue weighted by molar-refractivity contribution is 6.30. The van der Waals surface area contributed by atoms with E-state index in [1.165, 1.54) is 4.57 Å². The van der Waals surface area contributed by atoms with Gasteiger partial charge in [0, 0.05) is 17.5 Å². The zero-order valence-electron chi connectivity index (χ0n) is 18.5. The molecule has 2 aromatic heterocycles. The molecule has 0 amide bonds. The Labute approximate surface area is 194 Å². The SMILES string of the molecule is COc1cccc(Cn2c(=O)n(-c3cccc(Cl)c3)c(=O)c3c2c2cc(C)ccc2n3C)c1. The molecule has 0 aliphatic heterocycles. The van der Waals surface area contributed by atoms with Gasteiger partial charge in [-0.15, -0.1) is 0 Å². The summed E-state index contributed by atoms with van der Waals surface area (Å²) in [6, 6.07) is 20.3. The van der Waals surface area contributed by atoms with Crippen LogP contribution in [0.4, 0.5) is 0 Å². The molecule has 5 aromatic rings. The first-order valence-corrected chi connectivity index (χ1v) is 10.9. The van der Waals surface area contributed by atoms with Crippen molar-refractivity contribution in [1.82, 2.24) is 13.7 Å². The molecule has 33 heavy (non-hydrogen) atoms. The molecule has 5 rings (SSSR count). The number of fused-ring (bicyclic) bond motifs is 3. The van der Waals surface area contributed by atoms with Gasteiger partial charge in [0.25, 0.3) is 5.56 Å². The Morgan fingerprint density at radius 1 is 0.939 bits per heavy atom. The van der Waals surface area contributed by atoms with Crippen molar-refractivity contribution in [1.29, 1.82) is 0 Å². The minimum absolute atomic E-state index is 0.278. The van der Waals surface area contributed by atoms with Crippen LogP contribution < -0.4 is 16.0 Å². The van der Waals surface area contributed by atoms with Gasteiger partial charge in [-0.2, -0.15) is 0 Å². The van der Waals surface area contributed by atoms with Gasteiger partial charge in [0.1, 0.15) is 11.3 Å². The van der Waals surface area contributed by atoms with E-state index in [4.69, 9.17) is 16.3 Å². The molecule has 0 spiro atoms. The topological polar surface area (TPSA) is 58.2 Å². The first-order chi connectivity index (χ1) is 15.9. The molecule has 0 aliphatic rings. The highest BCUT2D eigenvalue weighted by Crippen LogP contribution is 2.27. The molecule has 0 bridgehead atoms. The van der Waals surface area contributed by atoms with Crippen LogP contribution in [-0.2, 0) is 13.6 Å². The maximum absolute atomic E-state index is 13.9. The number of benzene rings is 3. The van der Waals surface area contributed by atoms with E-state index in [-0.39, 0.29) is 12.1 Å². The zero-order chi connectivity index (χ0) is 23.3. The first kappa shape index (κ1) is 21.1. The normalized spacial score (nSPS) is 11.4. The Bertz CT molecular complexity index is 1660. The molecular weight excluding hydrogens is 438 g/mol. The minimum atomic E-state index is -0.424. The Morgan fingerprint density at radius 2 is 1.73 bits per heavy atom. The molecular formula is C26H22ClN3O3. The van der Waals surface area contributed by atoms with Crippen molar-refractivity contribution in [2.75, 3.05) is 7.11 Å². The predicted molar refractivity (Wildman–Crippen MR) is 132 cm³/mol. The summed E-state index contributed by atoms with van der Waals surface area (Å²) >= 11 is 6.19. The molecule has 166 valence electrons. The van der Waals surface area contributed by atoms with Gasteiger partial charge in [-0.05, 0) is 55.0 Å². The first-order valence-electron chi connectivity index (χ1n) is 10.5. The van der Waals surface area contributed by atoms with Crippen molar-refractivity contribution in [3.8, 4) is 11.4 Å². The number of hydrogen-bond donors (Lipinski definition) is 0. The van der Waals surface area contributed by atoms with Gasteiger partial charge < -0.3 is 9.30 Å². The van der Waals surface area contributed by atoms with E-state index in [0.717, 1.165) is 22.0 Å². The van der Waals surface area contributed by atoms with E-state index >= 15 is 0 Å². The minimum Gasteiger partial charge on any atom is -0.497 e. The average molecular weight is 460 g/mol. The molecule has 0 fully saturated rings. The lowest BCUT2D eigenvalue weighted by molar-refractivity contribution is 0.414. The van der Waals surface area contributed by atoms with Crippen LogP contribution in [0.15, 0.2) is 76.3 Å². The summed E-state index contributed by atoms with van der Waals surface area (Å²) in [5.41, 5.74) is 3.52. The maximum atomic E-state index is 13.9. The fraction of sp³-hybridized carbons (Fsp3) is 0.154. The fourth-order valence-corrected chi connectivity index (χ4v) is 4.59. The van der Waals surface area contributed by atoms with E-state index < -0.39 is 5.69 Å². The molecule has 0 aliphatic carbocycles. The molecule has 3 aromatic carbocycles. The molecule has 0 N–H and O–H groups in total. The Hall–Kier alpha value is -3.77. The standard InChI is InChI=1S/C26H22ClN3O3/c1-16-10-11-22-21(12-16)23-24(28(22)2)25(31)30(19-8-5-7-18(27)14-19)26(32)29(23)15-17-6-4-9-20(13-17)33-3/h4-14H,15H2,1-3H3. The van der Waals surface area contributed by atoms with Crippen molar-refractivity contribution >= 4 is 33.5 Å². The lowest BCUT2D eigenvalue weighted by Crippen LogP contribution is -2.39. The number of rotatable bonds is 4. The smallest absolute Gasteiger partial charge is 0.336 e. The predicted octanol–water partition coefficient (Wildman–Crippen LogP) is 4.66. The van der Waals surface area contributed by atoms with E-state index in [9.17, 15) is 9.59 Å². The Kier molecular flexibility index (Phi) is 5.10. The maximum Gasteiger partial charge on any atom is 0.336 e. The Morgan fingerprint density at radius 3 is 2.48 bits per heavy atom.